The Morgan fingerprint density at radius 2 is 1.14 bits per heavy atom. The first-order chi connectivity index (χ1) is 10.2. The quantitative estimate of drug-likeness (QED) is 0.682. The minimum atomic E-state index is 0.196. The molecule has 2 aromatic carbocycles. The van der Waals surface area contributed by atoms with E-state index in [0.29, 0.717) is 5.75 Å². The third kappa shape index (κ3) is 7.04. The van der Waals surface area contributed by atoms with Crippen molar-refractivity contribution in [2.75, 3.05) is 0 Å². The molecule has 0 bridgehead atoms. The molecule has 0 amide bonds. The van der Waals surface area contributed by atoms with Crippen LogP contribution in [0.15, 0.2) is 58.3 Å². The number of benzene rings is 2. The van der Waals surface area contributed by atoms with Crippen molar-refractivity contribution in [1.29, 1.82) is 0 Å². The molecular weight excluding hydrogens is 288 g/mol. The summed E-state index contributed by atoms with van der Waals surface area (Å²) in [6.45, 7) is 13.2. The van der Waals surface area contributed by atoms with Crippen LogP contribution in [-0.2, 0) is 5.41 Å². The van der Waals surface area contributed by atoms with E-state index in [4.69, 9.17) is 0 Å². The Hall–Kier alpha value is -1.41. The summed E-state index contributed by atoms with van der Waals surface area (Å²) in [6.07, 6.45) is 0. The van der Waals surface area contributed by atoms with Crippen LogP contribution in [0.1, 0.15) is 47.1 Å². The molecule has 0 aliphatic carbocycles. The van der Waals surface area contributed by atoms with E-state index in [1.54, 1.807) is 23.9 Å². The van der Waals surface area contributed by atoms with Crippen LogP contribution in [0.25, 0.3) is 0 Å². The molecule has 0 heterocycles. The zero-order valence-electron chi connectivity index (χ0n) is 14.6. The van der Waals surface area contributed by atoms with Crippen molar-refractivity contribution in [1.82, 2.24) is 0 Å². The average molecular weight is 317 g/mol. The first-order valence-electron chi connectivity index (χ1n) is 7.76. The largest absolute Gasteiger partial charge is 0.508 e. The Morgan fingerprint density at radius 1 is 0.773 bits per heavy atom. The summed E-state index contributed by atoms with van der Waals surface area (Å²) in [5.41, 5.74) is 1.54. The van der Waals surface area contributed by atoms with Crippen molar-refractivity contribution in [3.8, 4) is 5.75 Å². The Kier molecular flexibility index (Phi) is 7.02. The van der Waals surface area contributed by atoms with Gasteiger partial charge in [0.15, 0.2) is 0 Å². The fraction of sp³-hybridized carbons (Fsp3) is 0.400. The van der Waals surface area contributed by atoms with Crippen LogP contribution in [0.4, 0.5) is 0 Å². The van der Waals surface area contributed by atoms with Crippen molar-refractivity contribution in [2.24, 2.45) is 5.92 Å². The zero-order chi connectivity index (χ0) is 16.8. The third-order valence-corrected chi connectivity index (χ3v) is 3.81. The molecule has 0 atom stereocenters. The predicted octanol–water partition coefficient (Wildman–Crippen LogP) is 6.50. The van der Waals surface area contributed by atoms with Gasteiger partial charge in [-0.05, 0) is 53.3 Å². The lowest BCUT2D eigenvalue weighted by Crippen LogP contribution is -2.10. The second-order valence-corrected chi connectivity index (χ2v) is 8.25. The van der Waals surface area contributed by atoms with Crippen LogP contribution in [0.2, 0.25) is 0 Å². The van der Waals surface area contributed by atoms with Crippen LogP contribution in [0, 0.1) is 5.92 Å². The molecule has 22 heavy (non-hydrogen) atoms. The molecule has 0 aliphatic rings. The monoisotopic (exact) mass is 316 g/mol. The standard InChI is InChI=1S/C16H18OS.C4H10/c1-16(2,3)12-4-8-14(9-5-12)18-15-10-6-13(17)7-11-15;1-4(2)3/h4-11,17H,1-3H3;4H,1-3H3. The summed E-state index contributed by atoms with van der Waals surface area (Å²) in [5.74, 6) is 1.14. The lowest BCUT2D eigenvalue weighted by molar-refractivity contribution is 0.475. The van der Waals surface area contributed by atoms with Gasteiger partial charge in [0.05, 0.1) is 0 Å². The molecule has 0 aliphatic heterocycles. The second-order valence-electron chi connectivity index (χ2n) is 7.10. The highest BCUT2D eigenvalue weighted by atomic mass is 32.2. The molecule has 2 heteroatoms. The highest BCUT2D eigenvalue weighted by Gasteiger charge is 2.12. The van der Waals surface area contributed by atoms with E-state index in [1.165, 1.54) is 10.5 Å². The summed E-state index contributed by atoms with van der Waals surface area (Å²) in [7, 11) is 0. The number of hydrogen-bond donors (Lipinski definition) is 1. The van der Waals surface area contributed by atoms with E-state index in [0.717, 1.165) is 10.8 Å². The fourth-order valence-corrected chi connectivity index (χ4v) is 2.49. The van der Waals surface area contributed by atoms with Gasteiger partial charge in [-0.2, -0.15) is 0 Å². The maximum absolute atomic E-state index is 9.24. The highest BCUT2D eigenvalue weighted by Crippen LogP contribution is 2.30. The molecule has 0 unspecified atom stereocenters. The van der Waals surface area contributed by atoms with Gasteiger partial charge in [0.2, 0.25) is 0 Å². The molecule has 2 rings (SSSR count). The molecule has 2 aromatic rings. The van der Waals surface area contributed by atoms with E-state index < -0.39 is 0 Å². The molecule has 120 valence electrons. The summed E-state index contributed by atoms with van der Waals surface area (Å²) in [5, 5.41) is 9.24. The van der Waals surface area contributed by atoms with Gasteiger partial charge >= 0.3 is 0 Å². The summed E-state index contributed by atoms with van der Waals surface area (Å²) in [4.78, 5) is 2.35. The zero-order valence-corrected chi connectivity index (χ0v) is 15.4. The van der Waals surface area contributed by atoms with Crippen molar-refractivity contribution >= 4 is 11.8 Å². The Balaban J connectivity index is 0.000000541. The topological polar surface area (TPSA) is 20.2 Å². The number of hydrogen-bond acceptors (Lipinski definition) is 2. The minimum absolute atomic E-state index is 0.196. The van der Waals surface area contributed by atoms with E-state index in [1.807, 2.05) is 12.1 Å². The smallest absolute Gasteiger partial charge is 0.115 e. The highest BCUT2D eigenvalue weighted by molar-refractivity contribution is 7.99. The minimum Gasteiger partial charge on any atom is -0.508 e. The van der Waals surface area contributed by atoms with E-state index in [-0.39, 0.29) is 5.41 Å². The normalized spacial score (nSPS) is 11.0. The molecule has 0 saturated heterocycles. The van der Waals surface area contributed by atoms with Gasteiger partial charge in [0, 0.05) is 9.79 Å². The number of rotatable bonds is 2. The first-order valence-corrected chi connectivity index (χ1v) is 8.57. The lowest BCUT2D eigenvalue weighted by Gasteiger charge is -2.19. The van der Waals surface area contributed by atoms with Crippen LogP contribution in [-0.4, -0.2) is 5.11 Å². The Labute approximate surface area is 139 Å². The molecule has 0 saturated carbocycles. The van der Waals surface area contributed by atoms with Gasteiger partial charge in [-0.15, -0.1) is 0 Å². The van der Waals surface area contributed by atoms with Crippen LogP contribution >= 0.6 is 11.8 Å². The molecule has 1 nitrogen and oxygen atoms in total. The third-order valence-electron chi connectivity index (χ3n) is 2.79. The maximum atomic E-state index is 9.24. The summed E-state index contributed by atoms with van der Waals surface area (Å²) < 4.78 is 0. The van der Waals surface area contributed by atoms with E-state index in [9.17, 15) is 5.11 Å². The first kappa shape index (κ1) is 18.6. The molecular formula is C20H28OS. The van der Waals surface area contributed by atoms with Gasteiger partial charge in [-0.3, -0.25) is 0 Å². The number of phenolic OH excluding ortho intramolecular Hbond substituents is 1. The summed E-state index contributed by atoms with van der Waals surface area (Å²) >= 11 is 1.70. The SMILES string of the molecule is CC(C)(C)c1ccc(Sc2ccc(O)cc2)cc1.CC(C)C. The van der Waals surface area contributed by atoms with Gasteiger partial charge < -0.3 is 5.11 Å². The molecule has 0 spiro atoms. The van der Waals surface area contributed by atoms with Crippen molar-refractivity contribution in [2.45, 2.75) is 56.7 Å². The fourth-order valence-electron chi connectivity index (χ4n) is 1.67. The van der Waals surface area contributed by atoms with Crippen molar-refractivity contribution in [3.63, 3.8) is 0 Å². The van der Waals surface area contributed by atoms with Crippen LogP contribution < -0.4 is 0 Å². The lowest BCUT2D eigenvalue weighted by atomic mass is 9.87. The second kappa shape index (κ2) is 8.28. The number of aromatic hydroxyl groups is 1. The molecule has 1 N–H and O–H groups in total. The average Bonchev–Trinajstić information content (AvgIpc) is 2.40. The molecule has 0 fully saturated rings. The Morgan fingerprint density at radius 3 is 1.50 bits per heavy atom. The van der Waals surface area contributed by atoms with Gasteiger partial charge in [0.1, 0.15) is 5.75 Å². The van der Waals surface area contributed by atoms with Crippen LogP contribution in [0.3, 0.4) is 0 Å². The molecule has 0 aromatic heterocycles. The Bertz CT molecular complexity index is 545. The van der Waals surface area contributed by atoms with Gasteiger partial charge in [-0.25, -0.2) is 0 Å². The van der Waals surface area contributed by atoms with Crippen molar-refractivity contribution in [3.05, 3.63) is 54.1 Å². The van der Waals surface area contributed by atoms with E-state index >= 15 is 0 Å². The van der Waals surface area contributed by atoms with Gasteiger partial charge in [-0.1, -0.05) is 65.4 Å². The van der Waals surface area contributed by atoms with E-state index in [2.05, 4.69) is 65.8 Å². The predicted molar refractivity (Wildman–Crippen MR) is 97.9 cm³/mol. The van der Waals surface area contributed by atoms with Gasteiger partial charge in [0.25, 0.3) is 0 Å². The van der Waals surface area contributed by atoms with Crippen molar-refractivity contribution < 1.29 is 5.11 Å². The van der Waals surface area contributed by atoms with Crippen LogP contribution in [0.5, 0.6) is 5.75 Å². The molecule has 0 radical (unpaired) electrons. The number of phenols is 1. The summed E-state index contributed by atoms with van der Waals surface area (Å²) in [6, 6.07) is 16.0. The maximum Gasteiger partial charge on any atom is 0.115 e.